The smallest absolute Gasteiger partial charge is 0.266 e. The molecule has 1 fully saturated rings. The van der Waals surface area contributed by atoms with Gasteiger partial charge in [0.25, 0.3) is 5.91 Å². The van der Waals surface area contributed by atoms with Gasteiger partial charge < -0.3 is 4.42 Å². The Morgan fingerprint density at radius 2 is 2.00 bits per heavy atom. The van der Waals surface area contributed by atoms with E-state index in [9.17, 15) is 4.79 Å². The summed E-state index contributed by atoms with van der Waals surface area (Å²) in [7, 11) is 0. The molecule has 1 aromatic carbocycles. The Morgan fingerprint density at radius 3 is 2.67 bits per heavy atom. The SMILES string of the molecule is O=C1/C(=C\c2ccc(Br)o2)SC(=S)N1Cc1ccccc1. The first-order valence-electron chi connectivity index (χ1n) is 6.18. The van der Waals surface area contributed by atoms with Crippen molar-refractivity contribution in [3.63, 3.8) is 0 Å². The number of amides is 1. The molecule has 0 radical (unpaired) electrons. The molecule has 1 saturated heterocycles. The summed E-state index contributed by atoms with van der Waals surface area (Å²) in [6, 6.07) is 13.4. The molecule has 0 saturated carbocycles. The van der Waals surface area contributed by atoms with Gasteiger partial charge in [-0.2, -0.15) is 0 Å². The lowest BCUT2D eigenvalue weighted by molar-refractivity contribution is -0.122. The molecule has 6 heteroatoms. The lowest BCUT2D eigenvalue weighted by atomic mass is 10.2. The molecule has 3 rings (SSSR count). The number of carbonyl (C=O) groups is 1. The minimum Gasteiger partial charge on any atom is -0.450 e. The highest BCUT2D eigenvalue weighted by molar-refractivity contribution is 9.10. The van der Waals surface area contributed by atoms with E-state index in [1.165, 1.54) is 11.8 Å². The van der Waals surface area contributed by atoms with Crippen LogP contribution in [0.1, 0.15) is 11.3 Å². The number of carbonyl (C=O) groups excluding carboxylic acids is 1. The van der Waals surface area contributed by atoms with Crippen LogP contribution < -0.4 is 0 Å². The Labute approximate surface area is 140 Å². The summed E-state index contributed by atoms with van der Waals surface area (Å²) in [4.78, 5) is 14.6. The Hall–Kier alpha value is -1.37. The Kier molecular flexibility index (Phi) is 4.28. The Bertz CT molecular complexity index is 724. The number of halogens is 1. The second-order valence-electron chi connectivity index (χ2n) is 4.40. The third kappa shape index (κ3) is 3.28. The van der Waals surface area contributed by atoms with Crippen molar-refractivity contribution in [2.24, 2.45) is 0 Å². The molecule has 2 heterocycles. The molecule has 0 N–H and O–H groups in total. The number of furan rings is 1. The largest absolute Gasteiger partial charge is 0.450 e. The number of benzene rings is 1. The molecule has 1 amide bonds. The summed E-state index contributed by atoms with van der Waals surface area (Å²) in [5.74, 6) is 0.545. The zero-order valence-electron chi connectivity index (χ0n) is 10.8. The van der Waals surface area contributed by atoms with E-state index in [4.69, 9.17) is 16.6 Å². The number of hydrogen-bond donors (Lipinski definition) is 0. The van der Waals surface area contributed by atoms with Crippen LogP contribution in [-0.4, -0.2) is 15.1 Å². The van der Waals surface area contributed by atoms with E-state index in [0.29, 0.717) is 26.2 Å². The average Bonchev–Trinajstić information content (AvgIpc) is 2.99. The van der Waals surface area contributed by atoms with Crippen molar-refractivity contribution in [3.05, 3.63) is 63.4 Å². The van der Waals surface area contributed by atoms with E-state index in [-0.39, 0.29) is 5.91 Å². The molecule has 2 aromatic rings. The fourth-order valence-corrected chi connectivity index (χ4v) is 3.49. The van der Waals surface area contributed by atoms with Gasteiger partial charge in [0.15, 0.2) is 4.67 Å². The number of thiocarbonyl (C=S) groups is 1. The van der Waals surface area contributed by atoms with Crippen LogP contribution in [0.25, 0.3) is 6.08 Å². The van der Waals surface area contributed by atoms with Crippen molar-refractivity contribution in [3.8, 4) is 0 Å². The summed E-state index contributed by atoms with van der Waals surface area (Å²) in [5, 5.41) is 0. The number of nitrogens with zero attached hydrogens (tertiary/aromatic N) is 1. The number of rotatable bonds is 3. The van der Waals surface area contributed by atoms with E-state index in [0.717, 1.165) is 5.56 Å². The molecular formula is C15H10BrNO2S2. The van der Waals surface area contributed by atoms with Gasteiger partial charge in [-0.1, -0.05) is 54.3 Å². The van der Waals surface area contributed by atoms with Crippen molar-refractivity contribution in [2.75, 3.05) is 0 Å². The molecule has 106 valence electrons. The van der Waals surface area contributed by atoms with Crippen molar-refractivity contribution in [1.29, 1.82) is 0 Å². The van der Waals surface area contributed by atoms with E-state index in [1.807, 2.05) is 30.3 Å². The highest BCUT2D eigenvalue weighted by Gasteiger charge is 2.32. The minimum absolute atomic E-state index is 0.0821. The molecule has 0 aliphatic carbocycles. The highest BCUT2D eigenvalue weighted by Crippen LogP contribution is 2.34. The molecule has 1 aliphatic rings. The van der Waals surface area contributed by atoms with Gasteiger partial charge in [0, 0.05) is 6.08 Å². The highest BCUT2D eigenvalue weighted by atomic mass is 79.9. The van der Waals surface area contributed by atoms with E-state index in [1.54, 1.807) is 23.1 Å². The van der Waals surface area contributed by atoms with E-state index < -0.39 is 0 Å². The summed E-state index contributed by atoms with van der Waals surface area (Å²) < 4.78 is 6.60. The quantitative estimate of drug-likeness (QED) is 0.582. The third-order valence-electron chi connectivity index (χ3n) is 2.92. The summed E-state index contributed by atoms with van der Waals surface area (Å²) >= 11 is 9.84. The molecular weight excluding hydrogens is 370 g/mol. The van der Waals surface area contributed by atoms with Gasteiger partial charge in [-0.3, -0.25) is 9.69 Å². The molecule has 0 bridgehead atoms. The van der Waals surface area contributed by atoms with Crippen LogP contribution in [0.2, 0.25) is 0 Å². The van der Waals surface area contributed by atoms with Gasteiger partial charge in [-0.05, 0) is 33.6 Å². The maximum Gasteiger partial charge on any atom is 0.266 e. The predicted molar refractivity (Wildman–Crippen MR) is 91.6 cm³/mol. The molecule has 0 spiro atoms. The predicted octanol–water partition coefficient (Wildman–Crippen LogP) is 4.44. The van der Waals surface area contributed by atoms with Crippen LogP contribution in [-0.2, 0) is 11.3 Å². The normalized spacial score (nSPS) is 17.0. The van der Waals surface area contributed by atoms with Crippen LogP contribution in [0.4, 0.5) is 0 Å². The standard InChI is InChI=1S/C15H10BrNO2S2/c16-13-7-6-11(19-13)8-12-14(18)17(15(20)21-12)9-10-4-2-1-3-5-10/h1-8H,9H2/b12-8+. The van der Waals surface area contributed by atoms with Gasteiger partial charge in [0.2, 0.25) is 0 Å². The van der Waals surface area contributed by atoms with Gasteiger partial charge >= 0.3 is 0 Å². The average molecular weight is 380 g/mol. The molecule has 3 nitrogen and oxygen atoms in total. The van der Waals surface area contributed by atoms with E-state index >= 15 is 0 Å². The minimum atomic E-state index is -0.0821. The topological polar surface area (TPSA) is 33.5 Å². The first-order chi connectivity index (χ1) is 10.1. The van der Waals surface area contributed by atoms with Gasteiger partial charge in [0.05, 0.1) is 11.4 Å². The van der Waals surface area contributed by atoms with Crippen LogP contribution in [0.3, 0.4) is 0 Å². The monoisotopic (exact) mass is 379 g/mol. The van der Waals surface area contributed by atoms with Crippen LogP contribution in [0.5, 0.6) is 0 Å². The zero-order valence-corrected chi connectivity index (χ0v) is 14.0. The zero-order chi connectivity index (χ0) is 14.8. The Morgan fingerprint density at radius 1 is 1.24 bits per heavy atom. The van der Waals surface area contributed by atoms with Crippen LogP contribution in [0.15, 0.2) is 56.5 Å². The van der Waals surface area contributed by atoms with Crippen LogP contribution >= 0.6 is 39.9 Å². The molecule has 0 atom stereocenters. The lowest BCUT2D eigenvalue weighted by Gasteiger charge is -2.14. The van der Waals surface area contributed by atoms with Crippen molar-refractivity contribution >= 4 is 56.2 Å². The Balaban J connectivity index is 1.81. The molecule has 0 unspecified atom stereocenters. The number of hydrogen-bond acceptors (Lipinski definition) is 4. The second-order valence-corrected chi connectivity index (χ2v) is 6.85. The van der Waals surface area contributed by atoms with Crippen molar-refractivity contribution < 1.29 is 9.21 Å². The molecule has 21 heavy (non-hydrogen) atoms. The first kappa shape index (κ1) is 14.6. The van der Waals surface area contributed by atoms with Gasteiger partial charge in [0.1, 0.15) is 10.1 Å². The fourth-order valence-electron chi connectivity index (χ4n) is 1.94. The van der Waals surface area contributed by atoms with Crippen LogP contribution in [0, 0.1) is 0 Å². The molecule has 1 aliphatic heterocycles. The lowest BCUT2D eigenvalue weighted by Crippen LogP contribution is -2.27. The number of thioether (sulfide) groups is 1. The van der Waals surface area contributed by atoms with Crippen molar-refractivity contribution in [1.82, 2.24) is 4.90 Å². The fraction of sp³-hybridized carbons (Fsp3) is 0.0667. The maximum atomic E-state index is 12.4. The maximum absolute atomic E-state index is 12.4. The second kappa shape index (κ2) is 6.17. The summed E-state index contributed by atoms with van der Waals surface area (Å²) in [6.45, 7) is 0.491. The van der Waals surface area contributed by atoms with Crippen molar-refractivity contribution in [2.45, 2.75) is 6.54 Å². The summed E-state index contributed by atoms with van der Waals surface area (Å²) in [6.07, 6.45) is 1.72. The van der Waals surface area contributed by atoms with Gasteiger partial charge in [-0.25, -0.2) is 0 Å². The first-order valence-corrected chi connectivity index (χ1v) is 8.20. The van der Waals surface area contributed by atoms with E-state index in [2.05, 4.69) is 15.9 Å². The third-order valence-corrected chi connectivity index (χ3v) is 4.73. The summed E-state index contributed by atoms with van der Waals surface area (Å²) in [5.41, 5.74) is 1.05. The molecule has 1 aromatic heterocycles. The van der Waals surface area contributed by atoms with Gasteiger partial charge in [-0.15, -0.1) is 0 Å².